The molecule has 0 bridgehead atoms. The molecule has 4 rings (SSSR count). The summed E-state index contributed by atoms with van der Waals surface area (Å²) in [6.45, 7) is 3.17. The van der Waals surface area contributed by atoms with Crippen molar-refractivity contribution in [1.29, 1.82) is 0 Å². The van der Waals surface area contributed by atoms with Gasteiger partial charge in [0.15, 0.2) is 5.82 Å². The minimum atomic E-state index is -3.52. The lowest BCUT2D eigenvalue weighted by atomic mass is 10.2. The first-order valence-electron chi connectivity index (χ1n) is 9.94. The molecule has 1 saturated heterocycles. The maximum absolute atomic E-state index is 12.9. The Morgan fingerprint density at radius 3 is 2.80 bits per heavy atom. The number of piperidine rings is 1. The van der Waals surface area contributed by atoms with Gasteiger partial charge in [-0.1, -0.05) is 36.3 Å². The Morgan fingerprint density at radius 1 is 1.17 bits per heavy atom. The minimum Gasteiger partial charge on any atom is -0.411 e. The highest BCUT2D eigenvalue weighted by molar-refractivity contribution is 7.98. The monoisotopic (exact) mass is 449 g/mol. The van der Waals surface area contributed by atoms with Crippen LogP contribution in [0.25, 0.3) is 11.5 Å². The smallest absolute Gasteiger partial charge is 0.277 e. The molecule has 9 nitrogen and oxygen atoms in total. The van der Waals surface area contributed by atoms with Gasteiger partial charge in [0.1, 0.15) is 0 Å². The van der Waals surface area contributed by atoms with Crippen LogP contribution >= 0.6 is 11.8 Å². The van der Waals surface area contributed by atoms with E-state index >= 15 is 0 Å². The topological polar surface area (TPSA) is 115 Å². The first-order valence-corrected chi connectivity index (χ1v) is 12.4. The second-order valence-electron chi connectivity index (χ2n) is 7.01. The third-order valence-electron chi connectivity index (χ3n) is 4.74. The highest BCUT2D eigenvalue weighted by atomic mass is 32.2. The normalized spacial score (nSPS) is 15.5. The lowest BCUT2D eigenvalue weighted by Crippen LogP contribution is -2.35. The van der Waals surface area contributed by atoms with E-state index in [4.69, 9.17) is 8.94 Å². The molecular formula is C19H23N5O4S2. The Morgan fingerprint density at radius 2 is 2.00 bits per heavy atom. The van der Waals surface area contributed by atoms with Crippen LogP contribution in [0.2, 0.25) is 0 Å². The Hall–Kier alpha value is -2.24. The standard InChI is InChI=1S/C19H23N5O4S2/c1-2-7-17-20-16(23-28-17)13-29-19-22-21-18(27-19)14-8-6-9-15(12-14)30(25,26)24-10-4-3-5-11-24/h6,8-9,12H,2-5,7,10-11,13H2,1H3. The number of rotatable bonds is 8. The molecule has 1 aliphatic heterocycles. The van der Waals surface area contributed by atoms with E-state index in [1.54, 1.807) is 28.6 Å². The molecule has 1 fully saturated rings. The van der Waals surface area contributed by atoms with Crippen LogP contribution in [-0.2, 0) is 22.2 Å². The van der Waals surface area contributed by atoms with Crippen LogP contribution in [0.4, 0.5) is 0 Å². The van der Waals surface area contributed by atoms with Crippen molar-refractivity contribution < 1.29 is 17.4 Å². The van der Waals surface area contributed by atoms with E-state index in [2.05, 4.69) is 20.3 Å². The predicted octanol–water partition coefficient (Wildman–Crippen LogP) is 3.54. The lowest BCUT2D eigenvalue weighted by molar-refractivity contribution is 0.346. The van der Waals surface area contributed by atoms with E-state index in [0.29, 0.717) is 41.3 Å². The maximum Gasteiger partial charge on any atom is 0.277 e. The number of aryl methyl sites for hydroxylation is 1. The van der Waals surface area contributed by atoms with Crippen molar-refractivity contribution in [2.45, 2.75) is 54.9 Å². The van der Waals surface area contributed by atoms with Crippen LogP contribution < -0.4 is 0 Å². The number of hydrogen-bond acceptors (Lipinski definition) is 9. The van der Waals surface area contributed by atoms with Crippen molar-refractivity contribution in [3.63, 3.8) is 0 Å². The fraction of sp³-hybridized carbons (Fsp3) is 0.474. The Balaban J connectivity index is 1.46. The van der Waals surface area contributed by atoms with Crippen molar-refractivity contribution >= 4 is 21.8 Å². The SMILES string of the molecule is CCCc1nc(CSc2nnc(-c3cccc(S(=O)(=O)N4CCCCC4)c3)o2)no1. The van der Waals surface area contributed by atoms with Gasteiger partial charge in [-0.3, -0.25) is 0 Å². The van der Waals surface area contributed by atoms with Gasteiger partial charge >= 0.3 is 0 Å². The summed E-state index contributed by atoms with van der Waals surface area (Å²) in [6.07, 6.45) is 4.54. The number of sulfonamides is 1. The molecule has 2 aromatic heterocycles. The second kappa shape index (κ2) is 9.27. The van der Waals surface area contributed by atoms with Gasteiger partial charge in [-0.2, -0.15) is 9.29 Å². The molecule has 0 saturated carbocycles. The first kappa shape index (κ1) is 21.0. The van der Waals surface area contributed by atoms with Crippen LogP contribution in [0.5, 0.6) is 0 Å². The molecule has 0 amide bonds. The summed E-state index contributed by atoms with van der Waals surface area (Å²) in [5, 5.41) is 12.4. The van der Waals surface area contributed by atoms with Crippen LogP contribution in [0.1, 0.15) is 44.3 Å². The number of nitrogens with zero attached hydrogens (tertiary/aromatic N) is 5. The summed E-state index contributed by atoms with van der Waals surface area (Å²) in [7, 11) is -3.52. The molecule has 0 spiro atoms. The summed E-state index contributed by atoms with van der Waals surface area (Å²) in [5.41, 5.74) is 0.567. The Kier molecular flexibility index (Phi) is 6.49. The highest BCUT2D eigenvalue weighted by Crippen LogP contribution is 2.28. The molecule has 1 aliphatic rings. The lowest BCUT2D eigenvalue weighted by Gasteiger charge is -2.25. The average Bonchev–Trinajstić information content (AvgIpc) is 3.43. The molecule has 1 aromatic carbocycles. The van der Waals surface area contributed by atoms with Gasteiger partial charge in [-0.05, 0) is 37.5 Å². The molecular weight excluding hydrogens is 426 g/mol. The quantitative estimate of drug-likeness (QED) is 0.476. The zero-order valence-electron chi connectivity index (χ0n) is 16.7. The molecule has 3 heterocycles. The van der Waals surface area contributed by atoms with Crippen molar-refractivity contribution in [2.75, 3.05) is 13.1 Å². The zero-order valence-corrected chi connectivity index (χ0v) is 18.3. The van der Waals surface area contributed by atoms with Gasteiger partial charge < -0.3 is 8.94 Å². The molecule has 11 heteroatoms. The van der Waals surface area contributed by atoms with E-state index in [-0.39, 0.29) is 10.8 Å². The van der Waals surface area contributed by atoms with Crippen molar-refractivity contribution in [3.05, 3.63) is 36.0 Å². The van der Waals surface area contributed by atoms with Crippen LogP contribution in [0.3, 0.4) is 0 Å². The number of benzene rings is 1. The van der Waals surface area contributed by atoms with Gasteiger partial charge in [-0.15, -0.1) is 10.2 Å². The molecule has 0 N–H and O–H groups in total. The third-order valence-corrected chi connectivity index (χ3v) is 7.45. The van der Waals surface area contributed by atoms with Crippen molar-refractivity contribution in [2.24, 2.45) is 0 Å². The van der Waals surface area contributed by atoms with E-state index in [1.807, 2.05) is 6.92 Å². The largest absolute Gasteiger partial charge is 0.411 e. The third kappa shape index (κ3) is 4.73. The maximum atomic E-state index is 12.9. The summed E-state index contributed by atoms with van der Waals surface area (Å²) >= 11 is 1.30. The predicted molar refractivity (Wildman–Crippen MR) is 110 cm³/mol. The van der Waals surface area contributed by atoms with E-state index < -0.39 is 10.0 Å². The van der Waals surface area contributed by atoms with Gasteiger partial charge in [0.05, 0.1) is 10.6 Å². The van der Waals surface area contributed by atoms with E-state index in [0.717, 1.165) is 32.1 Å². The first-order chi connectivity index (χ1) is 14.6. The number of aromatic nitrogens is 4. The van der Waals surface area contributed by atoms with Crippen LogP contribution in [-0.4, -0.2) is 46.2 Å². The summed E-state index contributed by atoms with van der Waals surface area (Å²) in [4.78, 5) is 4.54. The second-order valence-corrected chi connectivity index (χ2v) is 9.87. The summed E-state index contributed by atoms with van der Waals surface area (Å²) < 4.78 is 38.2. The molecule has 160 valence electrons. The molecule has 0 atom stereocenters. The number of thioether (sulfide) groups is 1. The average molecular weight is 450 g/mol. The van der Waals surface area contributed by atoms with Crippen LogP contribution in [0.15, 0.2) is 43.3 Å². The summed E-state index contributed by atoms with van der Waals surface area (Å²) in [6, 6.07) is 6.64. The molecule has 3 aromatic rings. The Labute approximate surface area is 179 Å². The van der Waals surface area contributed by atoms with Gasteiger partial charge in [0, 0.05) is 25.1 Å². The van der Waals surface area contributed by atoms with Crippen LogP contribution in [0, 0.1) is 0 Å². The van der Waals surface area contributed by atoms with E-state index in [1.165, 1.54) is 11.8 Å². The summed E-state index contributed by atoms with van der Waals surface area (Å²) in [5.74, 6) is 1.90. The fourth-order valence-corrected chi connectivity index (χ4v) is 5.39. The zero-order chi connectivity index (χ0) is 21.0. The molecule has 0 radical (unpaired) electrons. The van der Waals surface area contributed by atoms with Crippen molar-refractivity contribution in [3.8, 4) is 11.5 Å². The Bertz CT molecular complexity index is 1090. The number of hydrogen-bond donors (Lipinski definition) is 0. The minimum absolute atomic E-state index is 0.240. The van der Waals surface area contributed by atoms with E-state index in [9.17, 15) is 8.42 Å². The highest BCUT2D eigenvalue weighted by Gasteiger charge is 2.26. The van der Waals surface area contributed by atoms with Gasteiger partial charge in [0.2, 0.25) is 21.8 Å². The molecule has 0 unspecified atom stereocenters. The molecule has 30 heavy (non-hydrogen) atoms. The fourth-order valence-electron chi connectivity index (χ4n) is 3.22. The van der Waals surface area contributed by atoms with Gasteiger partial charge in [-0.25, -0.2) is 8.42 Å². The molecule has 0 aliphatic carbocycles. The van der Waals surface area contributed by atoms with Crippen molar-refractivity contribution in [1.82, 2.24) is 24.6 Å². The van der Waals surface area contributed by atoms with Gasteiger partial charge in [0.25, 0.3) is 5.22 Å².